The van der Waals surface area contributed by atoms with Gasteiger partial charge in [0, 0.05) is 16.0 Å². The monoisotopic (exact) mass is 291 g/mol. The summed E-state index contributed by atoms with van der Waals surface area (Å²) in [4.78, 5) is 8.83. The number of aromatic nitrogens is 2. The van der Waals surface area contributed by atoms with Crippen LogP contribution in [-0.4, -0.2) is 9.97 Å². The maximum atomic E-state index is 9.29. The van der Waals surface area contributed by atoms with Crippen LogP contribution in [0.3, 0.4) is 0 Å². The Morgan fingerprint density at radius 2 is 2.00 bits per heavy atom. The van der Waals surface area contributed by atoms with Crippen molar-refractivity contribution in [2.75, 3.05) is 0 Å². The molecule has 0 aliphatic heterocycles. The highest BCUT2D eigenvalue weighted by molar-refractivity contribution is 7.25. The molecule has 0 aliphatic carbocycles. The van der Waals surface area contributed by atoms with Gasteiger partial charge in [-0.25, -0.2) is 9.97 Å². The van der Waals surface area contributed by atoms with E-state index in [0.717, 1.165) is 21.3 Å². The maximum absolute atomic E-state index is 9.29. The van der Waals surface area contributed by atoms with Crippen LogP contribution in [0.1, 0.15) is 11.6 Å². The number of nitrogens with zero attached hydrogens (tertiary/aromatic N) is 3. The molecule has 0 amide bonds. The Morgan fingerprint density at radius 1 is 1.19 bits per heavy atom. The van der Waals surface area contributed by atoms with E-state index >= 15 is 0 Å². The molecule has 0 bridgehead atoms. The molecule has 0 saturated carbocycles. The molecule has 0 aliphatic rings. The molecule has 0 fully saturated rings. The Hall–Kier alpha value is -2.51. The molecule has 2 heterocycles. The number of hydrogen-bond acceptors (Lipinski definition) is 4. The van der Waals surface area contributed by atoms with E-state index in [4.69, 9.17) is 0 Å². The third-order valence-electron chi connectivity index (χ3n) is 3.55. The fourth-order valence-electron chi connectivity index (χ4n) is 2.49. The van der Waals surface area contributed by atoms with E-state index in [1.165, 1.54) is 4.70 Å². The number of benzene rings is 1. The summed E-state index contributed by atoms with van der Waals surface area (Å²) in [5.74, 6) is -0.517. The van der Waals surface area contributed by atoms with Crippen molar-refractivity contribution in [1.82, 2.24) is 9.97 Å². The van der Waals surface area contributed by atoms with E-state index in [-0.39, 0.29) is 11.8 Å². The van der Waals surface area contributed by atoms with Gasteiger partial charge in [-0.15, -0.1) is 24.5 Å². The van der Waals surface area contributed by atoms with E-state index in [1.807, 2.05) is 12.1 Å². The Labute approximate surface area is 126 Å². The van der Waals surface area contributed by atoms with Crippen LogP contribution in [0.5, 0.6) is 0 Å². The second-order valence-corrected chi connectivity index (χ2v) is 5.74. The van der Waals surface area contributed by atoms with Gasteiger partial charge >= 0.3 is 0 Å². The van der Waals surface area contributed by atoms with Crippen molar-refractivity contribution >= 4 is 31.6 Å². The molecule has 0 saturated heterocycles. The third kappa shape index (κ3) is 2.12. The van der Waals surface area contributed by atoms with Gasteiger partial charge in [0.2, 0.25) is 0 Å². The van der Waals surface area contributed by atoms with Crippen molar-refractivity contribution in [1.29, 1.82) is 5.26 Å². The molecule has 2 aromatic heterocycles. The van der Waals surface area contributed by atoms with Crippen LogP contribution in [0, 0.1) is 17.2 Å². The van der Waals surface area contributed by atoms with Crippen LogP contribution in [-0.2, 0) is 0 Å². The minimum Gasteiger partial charge on any atom is -0.239 e. The molecular formula is C17H13N3S. The molecule has 0 radical (unpaired) electrons. The first kappa shape index (κ1) is 13.5. The lowest BCUT2D eigenvalue weighted by molar-refractivity contribution is 0.706. The van der Waals surface area contributed by atoms with Crippen LogP contribution in [0.2, 0.25) is 0 Å². The van der Waals surface area contributed by atoms with Crippen LogP contribution in [0.15, 0.2) is 55.9 Å². The number of rotatable bonds is 4. The Balaban J connectivity index is 2.30. The molecule has 1 aromatic carbocycles. The van der Waals surface area contributed by atoms with Crippen molar-refractivity contribution in [3.05, 3.63) is 61.6 Å². The lowest BCUT2D eigenvalue weighted by atomic mass is 9.90. The summed E-state index contributed by atoms with van der Waals surface area (Å²) >= 11 is 1.65. The first-order valence-corrected chi connectivity index (χ1v) is 7.38. The van der Waals surface area contributed by atoms with Gasteiger partial charge in [0.1, 0.15) is 6.33 Å². The number of allylic oxidation sites excluding steroid dienone is 2. The van der Waals surface area contributed by atoms with Gasteiger partial charge in [-0.3, -0.25) is 0 Å². The fraction of sp³-hybridized carbons (Fsp3) is 0.118. The molecule has 4 heteroatoms. The zero-order valence-electron chi connectivity index (χ0n) is 11.4. The fourth-order valence-corrected chi connectivity index (χ4v) is 3.68. The maximum Gasteiger partial charge on any atom is 0.116 e. The number of nitriles is 1. The quantitative estimate of drug-likeness (QED) is 0.668. The number of fused-ring (bicyclic) bond motifs is 3. The van der Waals surface area contributed by atoms with Crippen molar-refractivity contribution in [3.63, 3.8) is 0 Å². The standard InChI is InChI=1S/C17H13N3S/c1-3-11(9-18)12(4-2)15-17-16(20-10-19-15)13-7-5-6-8-14(13)21-17/h3-8,10-12H,1-2H2. The van der Waals surface area contributed by atoms with Crippen LogP contribution >= 0.6 is 11.3 Å². The lowest BCUT2D eigenvalue weighted by Crippen LogP contribution is -2.08. The Bertz CT molecular complexity index is 872. The topological polar surface area (TPSA) is 49.6 Å². The summed E-state index contributed by atoms with van der Waals surface area (Å²) in [6, 6.07) is 10.4. The molecule has 102 valence electrons. The van der Waals surface area contributed by atoms with E-state index in [0.29, 0.717) is 0 Å². The predicted molar refractivity (Wildman–Crippen MR) is 87.2 cm³/mol. The highest BCUT2D eigenvalue weighted by Crippen LogP contribution is 2.38. The van der Waals surface area contributed by atoms with Crippen LogP contribution in [0.4, 0.5) is 0 Å². The first-order chi connectivity index (χ1) is 10.3. The van der Waals surface area contributed by atoms with Crippen LogP contribution < -0.4 is 0 Å². The van der Waals surface area contributed by atoms with E-state index in [2.05, 4.69) is 41.3 Å². The number of hydrogen-bond donors (Lipinski definition) is 0. The smallest absolute Gasteiger partial charge is 0.116 e. The summed E-state index contributed by atoms with van der Waals surface area (Å²) in [6.07, 6.45) is 4.97. The Morgan fingerprint density at radius 3 is 2.71 bits per heavy atom. The zero-order valence-corrected chi connectivity index (χ0v) is 12.2. The normalized spacial score (nSPS) is 13.7. The zero-order chi connectivity index (χ0) is 14.8. The van der Waals surface area contributed by atoms with Gasteiger partial charge in [0.25, 0.3) is 0 Å². The molecule has 21 heavy (non-hydrogen) atoms. The molecule has 0 spiro atoms. The average Bonchev–Trinajstić information content (AvgIpc) is 2.91. The summed E-state index contributed by atoms with van der Waals surface area (Å²) in [7, 11) is 0. The van der Waals surface area contributed by atoms with Gasteiger partial charge in [-0.2, -0.15) is 5.26 Å². The second kappa shape index (κ2) is 5.47. The van der Waals surface area contributed by atoms with Gasteiger partial charge in [0.15, 0.2) is 0 Å². The number of thiophene rings is 1. The van der Waals surface area contributed by atoms with Crippen molar-refractivity contribution in [2.24, 2.45) is 5.92 Å². The summed E-state index contributed by atoms with van der Waals surface area (Å²) < 4.78 is 2.19. The minimum atomic E-state index is -0.342. The second-order valence-electron chi connectivity index (χ2n) is 4.69. The molecule has 0 N–H and O–H groups in total. The first-order valence-electron chi connectivity index (χ1n) is 6.57. The van der Waals surface area contributed by atoms with Crippen molar-refractivity contribution < 1.29 is 0 Å². The van der Waals surface area contributed by atoms with Crippen molar-refractivity contribution in [3.8, 4) is 6.07 Å². The van der Waals surface area contributed by atoms with E-state index in [9.17, 15) is 5.26 Å². The lowest BCUT2D eigenvalue weighted by Gasteiger charge is -2.14. The molecule has 2 unspecified atom stereocenters. The molecule has 3 aromatic rings. The van der Waals surface area contributed by atoms with Crippen molar-refractivity contribution in [2.45, 2.75) is 5.92 Å². The molecular weight excluding hydrogens is 278 g/mol. The van der Waals surface area contributed by atoms with Gasteiger partial charge in [0.05, 0.1) is 27.9 Å². The summed E-state index contributed by atoms with van der Waals surface area (Å²) in [5.41, 5.74) is 1.79. The molecule has 2 atom stereocenters. The van der Waals surface area contributed by atoms with E-state index in [1.54, 1.807) is 29.8 Å². The highest BCUT2D eigenvalue weighted by atomic mass is 32.1. The van der Waals surface area contributed by atoms with E-state index < -0.39 is 0 Å². The predicted octanol–water partition coefficient (Wildman–Crippen LogP) is 4.44. The molecule has 3 rings (SSSR count). The third-order valence-corrected chi connectivity index (χ3v) is 4.73. The molecule has 3 nitrogen and oxygen atoms in total. The SMILES string of the molecule is C=CC(C#N)C(C=C)c1ncnc2c1sc1ccccc12. The minimum absolute atomic E-state index is 0.175. The van der Waals surface area contributed by atoms with Gasteiger partial charge in [-0.05, 0) is 6.07 Å². The average molecular weight is 291 g/mol. The summed E-state index contributed by atoms with van der Waals surface area (Å²) in [6.45, 7) is 7.60. The van der Waals surface area contributed by atoms with Gasteiger partial charge < -0.3 is 0 Å². The summed E-state index contributed by atoms with van der Waals surface area (Å²) in [5, 5.41) is 10.4. The largest absolute Gasteiger partial charge is 0.239 e. The highest BCUT2D eigenvalue weighted by Gasteiger charge is 2.23. The Kier molecular flexibility index (Phi) is 3.51. The van der Waals surface area contributed by atoms with Crippen LogP contribution in [0.25, 0.3) is 20.3 Å². The van der Waals surface area contributed by atoms with Gasteiger partial charge in [-0.1, -0.05) is 30.4 Å².